The van der Waals surface area contributed by atoms with Gasteiger partial charge in [0.15, 0.2) is 6.10 Å². The Balaban J connectivity index is 1.56. The number of aryl methyl sites for hydroxylation is 1. The van der Waals surface area contributed by atoms with Crippen molar-refractivity contribution in [1.29, 1.82) is 0 Å². The van der Waals surface area contributed by atoms with Gasteiger partial charge in [0.1, 0.15) is 15.6 Å². The van der Waals surface area contributed by atoms with E-state index in [0.717, 1.165) is 9.88 Å². The number of ether oxygens (including phenoxy) is 1. The highest BCUT2D eigenvalue weighted by atomic mass is 32.1. The lowest BCUT2D eigenvalue weighted by Gasteiger charge is -2.23. The summed E-state index contributed by atoms with van der Waals surface area (Å²) < 4.78 is 5.52. The van der Waals surface area contributed by atoms with Crippen molar-refractivity contribution in [2.24, 2.45) is 0 Å². The number of amides is 2. The Morgan fingerprint density at radius 3 is 2.96 bits per heavy atom. The van der Waals surface area contributed by atoms with Crippen LogP contribution in [0.5, 0.6) is 5.75 Å². The van der Waals surface area contributed by atoms with E-state index in [4.69, 9.17) is 4.74 Å². The second kappa shape index (κ2) is 6.54. The van der Waals surface area contributed by atoms with Crippen LogP contribution in [-0.2, 0) is 4.79 Å². The van der Waals surface area contributed by atoms with Gasteiger partial charge in [-0.05, 0) is 43.5 Å². The minimum atomic E-state index is -0.529. The smallest absolute Gasteiger partial charge is 0.267 e. The van der Waals surface area contributed by atoms with Gasteiger partial charge in [-0.2, -0.15) is 0 Å². The average molecular weight is 385 g/mol. The minimum absolute atomic E-state index is 0.208. The van der Waals surface area contributed by atoms with Gasteiger partial charge in [-0.3, -0.25) is 9.59 Å². The minimum Gasteiger partial charge on any atom is -0.479 e. The van der Waals surface area contributed by atoms with Crippen molar-refractivity contribution in [2.45, 2.75) is 20.0 Å². The highest BCUT2D eigenvalue weighted by molar-refractivity contribution is 7.22. The lowest BCUT2D eigenvalue weighted by molar-refractivity contribution is -0.122. The van der Waals surface area contributed by atoms with E-state index < -0.39 is 6.10 Å². The number of carbonyl (C=O) groups excluding carboxylic acids is 2. The third-order valence-electron chi connectivity index (χ3n) is 3.90. The predicted molar refractivity (Wildman–Crippen MR) is 103 cm³/mol. The number of thiazole rings is 1. The van der Waals surface area contributed by atoms with E-state index >= 15 is 0 Å². The monoisotopic (exact) mass is 385 g/mol. The van der Waals surface area contributed by atoms with Crippen LogP contribution in [0.3, 0.4) is 0 Å². The molecule has 1 unspecified atom stereocenters. The van der Waals surface area contributed by atoms with Crippen molar-refractivity contribution in [3.63, 3.8) is 0 Å². The molecule has 3 heterocycles. The van der Waals surface area contributed by atoms with Crippen molar-refractivity contribution in [3.8, 4) is 15.6 Å². The summed E-state index contributed by atoms with van der Waals surface area (Å²) in [4.78, 5) is 30.5. The summed E-state index contributed by atoms with van der Waals surface area (Å²) in [6, 6.07) is 9.11. The molecule has 0 saturated heterocycles. The van der Waals surface area contributed by atoms with Crippen molar-refractivity contribution in [3.05, 3.63) is 46.3 Å². The first-order chi connectivity index (χ1) is 12.5. The van der Waals surface area contributed by atoms with Gasteiger partial charge >= 0.3 is 0 Å². The molecule has 132 valence electrons. The molecule has 0 saturated carbocycles. The Hall–Kier alpha value is -2.71. The van der Waals surface area contributed by atoms with Crippen LogP contribution in [0.4, 0.5) is 11.4 Å². The van der Waals surface area contributed by atoms with Gasteiger partial charge in [-0.1, -0.05) is 6.07 Å². The Morgan fingerprint density at radius 1 is 1.35 bits per heavy atom. The molecule has 0 fully saturated rings. The third kappa shape index (κ3) is 3.09. The van der Waals surface area contributed by atoms with E-state index in [-0.39, 0.29) is 11.8 Å². The fraction of sp³-hybridized carbons (Fsp3) is 0.167. The molecule has 3 aromatic rings. The van der Waals surface area contributed by atoms with E-state index in [1.807, 2.05) is 24.4 Å². The molecule has 2 amide bonds. The first-order valence-electron chi connectivity index (χ1n) is 7.95. The molecule has 2 N–H and O–H groups in total. The summed E-state index contributed by atoms with van der Waals surface area (Å²) >= 11 is 2.96. The molecule has 1 aromatic carbocycles. The highest BCUT2D eigenvalue weighted by Gasteiger charge is 2.24. The lowest BCUT2D eigenvalue weighted by atomic mass is 10.2. The van der Waals surface area contributed by atoms with Crippen LogP contribution in [0, 0.1) is 6.92 Å². The number of fused-ring (bicyclic) bond motifs is 1. The number of nitrogens with one attached hydrogen (secondary N) is 2. The topological polar surface area (TPSA) is 80.3 Å². The van der Waals surface area contributed by atoms with E-state index in [9.17, 15) is 9.59 Å². The van der Waals surface area contributed by atoms with Crippen molar-refractivity contribution < 1.29 is 14.3 Å². The van der Waals surface area contributed by atoms with Gasteiger partial charge in [0, 0.05) is 5.69 Å². The maximum absolute atomic E-state index is 12.6. The normalized spacial score (nSPS) is 15.8. The zero-order chi connectivity index (χ0) is 18.3. The SMILES string of the molecule is Cc1nc(-c2cccs2)sc1C(=O)Nc1ccc2c(c1)NC(=O)C(C)O2. The third-order valence-corrected chi connectivity index (χ3v) is 6.10. The molecule has 1 atom stereocenters. The Labute approximate surface area is 157 Å². The molecule has 1 aliphatic rings. The molecule has 0 spiro atoms. The zero-order valence-corrected chi connectivity index (χ0v) is 15.7. The van der Waals surface area contributed by atoms with Crippen molar-refractivity contribution >= 4 is 45.9 Å². The molecule has 6 nitrogen and oxygen atoms in total. The number of carbonyl (C=O) groups is 2. The molecule has 26 heavy (non-hydrogen) atoms. The fourth-order valence-electron chi connectivity index (χ4n) is 2.59. The molecule has 2 aromatic heterocycles. The molecule has 0 aliphatic carbocycles. The van der Waals surface area contributed by atoms with Crippen molar-refractivity contribution in [1.82, 2.24) is 4.98 Å². The predicted octanol–water partition coefficient (Wildman–Crippen LogP) is 4.15. The molecule has 0 radical (unpaired) electrons. The van der Waals surface area contributed by atoms with Gasteiger partial charge in [0.2, 0.25) is 0 Å². The molecule has 8 heteroatoms. The van der Waals surface area contributed by atoms with Crippen LogP contribution in [-0.4, -0.2) is 22.9 Å². The Kier molecular flexibility index (Phi) is 4.21. The molecular weight excluding hydrogens is 370 g/mol. The molecule has 4 rings (SSSR count). The lowest BCUT2D eigenvalue weighted by Crippen LogP contribution is -2.34. The molecule has 0 bridgehead atoms. The average Bonchev–Trinajstić information content (AvgIpc) is 3.25. The summed E-state index contributed by atoms with van der Waals surface area (Å²) in [5.74, 6) is 0.156. The van der Waals surface area contributed by atoms with Gasteiger partial charge in [-0.25, -0.2) is 4.98 Å². The number of aromatic nitrogens is 1. The summed E-state index contributed by atoms with van der Waals surface area (Å²) in [5, 5.41) is 8.45. The van der Waals surface area contributed by atoms with Crippen LogP contribution in [0.2, 0.25) is 0 Å². The summed E-state index contributed by atoms with van der Waals surface area (Å²) in [6.07, 6.45) is -0.529. The highest BCUT2D eigenvalue weighted by Crippen LogP contribution is 2.34. The largest absolute Gasteiger partial charge is 0.479 e. The maximum atomic E-state index is 12.6. The molecular formula is C18H15N3O3S2. The fourth-order valence-corrected chi connectivity index (χ4v) is 4.35. The number of benzene rings is 1. The quantitative estimate of drug-likeness (QED) is 0.710. The van der Waals surface area contributed by atoms with Crippen LogP contribution >= 0.6 is 22.7 Å². The summed E-state index contributed by atoms with van der Waals surface area (Å²) in [6.45, 7) is 3.51. The van der Waals surface area contributed by atoms with E-state index in [1.54, 1.807) is 36.5 Å². The second-order valence-corrected chi connectivity index (χ2v) is 7.77. The van der Waals surface area contributed by atoms with Crippen LogP contribution in [0.25, 0.3) is 9.88 Å². The van der Waals surface area contributed by atoms with Crippen LogP contribution < -0.4 is 15.4 Å². The first kappa shape index (κ1) is 16.7. The van der Waals surface area contributed by atoms with E-state index in [2.05, 4.69) is 15.6 Å². The second-order valence-electron chi connectivity index (χ2n) is 5.83. The summed E-state index contributed by atoms with van der Waals surface area (Å²) in [7, 11) is 0. The number of hydrogen-bond donors (Lipinski definition) is 2. The Bertz CT molecular complexity index is 995. The maximum Gasteiger partial charge on any atom is 0.267 e. The zero-order valence-electron chi connectivity index (χ0n) is 14.0. The first-order valence-corrected chi connectivity index (χ1v) is 9.65. The number of nitrogens with zero attached hydrogens (tertiary/aromatic N) is 1. The number of rotatable bonds is 3. The van der Waals surface area contributed by atoms with Crippen molar-refractivity contribution in [2.75, 3.05) is 10.6 Å². The summed E-state index contributed by atoms with van der Waals surface area (Å²) in [5.41, 5.74) is 1.82. The van der Waals surface area contributed by atoms with Gasteiger partial charge in [0.25, 0.3) is 11.8 Å². The van der Waals surface area contributed by atoms with Gasteiger partial charge in [0.05, 0.1) is 16.3 Å². The van der Waals surface area contributed by atoms with E-state index in [1.165, 1.54) is 11.3 Å². The number of hydrogen-bond acceptors (Lipinski definition) is 6. The number of anilines is 2. The van der Waals surface area contributed by atoms with Gasteiger partial charge < -0.3 is 15.4 Å². The number of thiophene rings is 1. The van der Waals surface area contributed by atoms with E-state index in [0.29, 0.717) is 27.7 Å². The van der Waals surface area contributed by atoms with Crippen LogP contribution in [0.15, 0.2) is 35.7 Å². The van der Waals surface area contributed by atoms with Gasteiger partial charge in [-0.15, -0.1) is 22.7 Å². The molecule has 1 aliphatic heterocycles. The van der Waals surface area contributed by atoms with Crippen LogP contribution in [0.1, 0.15) is 22.3 Å². The standard InChI is InChI=1S/C18H15N3O3S2/c1-9-15(26-18(19-9)14-4-3-7-25-14)17(23)20-11-5-6-13-12(8-11)21-16(22)10(2)24-13/h3-8,10H,1-2H3,(H,20,23)(H,21,22). The Morgan fingerprint density at radius 2 is 2.19 bits per heavy atom.